The summed E-state index contributed by atoms with van der Waals surface area (Å²) < 4.78 is 8.20. The van der Waals surface area contributed by atoms with Crippen molar-refractivity contribution in [2.24, 2.45) is 0 Å². The molecule has 0 saturated carbocycles. The van der Waals surface area contributed by atoms with Gasteiger partial charge in [0.2, 0.25) is 12.1 Å². The summed E-state index contributed by atoms with van der Waals surface area (Å²) in [4.78, 5) is 21.2. The van der Waals surface area contributed by atoms with Gasteiger partial charge in [0.25, 0.3) is 0 Å². The first-order chi connectivity index (χ1) is 6.29. The fraction of sp³-hybridized carbons (Fsp3) is 0.333. The van der Waals surface area contributed by atoms with E-state index in [4.69, 9.17) is 0 Å². The summed E-state index contributed by atoms with van der Waals surface area (Å²) in [5.74, 6) is -0.583. The van der Waals surface area contributed by atoms with Gasteiger partial charge in [-0.2, -0.15) is 0 Å². The Bertz CT molecular complexity index is 312. The van der Waals surface area contributed by atoms with Crippen LogP contribution < -0.4 is 5.32 Å². The van der Waals surface area contributed by atoms with Crippen LogP contribution in [0.25, 0.3) is 0 Å². The maximum Gasteiger partial charge on any atom is 0.362 e. The topological polar surface area (TPSA) is 81.2 Å². The lowest BCUT2D eigenvalue weighted by molar-refractivity contribution is -0.105. The summed E-state index contributed by atoms with van der Waals surface area (Å²) in [6, 6.07) is 0. The molecule has 1 heterocycles. The van der Waals surface area contributed by atoms with E-state index < -0.39 is 5.97 Å². The third kappa shape index (κ3) is 2.22. The Morgan fingerprint density at radius 3 is 3.15 bits per heavy atom. The molecule has 0 saturated heterocycles. The van der Waals surface area contributed by atoms with E-state index in [2.05, 4.69) is 19.6 Å². The molecule has 1 aromatic heterocycles. The van der Waals surface area contributed by atoms with Crippen molar-refractivity contribution in [3.63, 3.8) is 0 Å². The SMILES string of the molecule is CCOC(=O)c1nnsc1NC=O. The monoisotopic (exact) mass is 201 g/mol. The largest absolute Gasteiger partial charge is 0.461 e. The van der Waals surface area contributed by atoms with Gasteiger partial charge in [0.1, 0.15) is 0 Å². The zero-order valence-electron chi connectivity index (χ0n) is 6.81. The number of anilines is 1. The second-order valence-electron chi connectivity index (χ2n) is 1.93. The number of nitrogens with one attached hydrogen (secondary N) is 1. The van der Waals surface area contributed by atoms with Crippen LogP contribution in [0.1, 0.15) is 17.4 Å². The van der Waals surface area contributed by atoms with Crippen LogP contribution in [0.15, 0.2) is 0 Å². The normalized spacial score (nSPS) is 9.31. The highest BCUT2D eigenvalue weighted by molar-refractivity contribution is 7.10. The van der Waals surface area contributed by atoms with Gasteiger partial charge >= 0.3 is 5.97 Å². The van der Waals surface area contributed by atoms with E-state index in [0.717, 1.165) is 11.5 Å². The second kappa shape index (κ2) is 4.51. The van der Waals surface area contributed by atoms with Crippen molar-refractivity contribution < 1.29 is 14.3 Å². The Morgan fingerprint density at radius 2 is 2.54 bits per heavy atom. The van der Waals surface area contributed by atoms with Gasteiger partial charge in [0, 0.05) is 11.5 Å². The fourth-order valence-corrected chi connectivity index (χ4v) is 1.19. The number of hydrogen-bond acceptors (Lipinski definition) is 6. The van der Waals surface area contributed by atoms with Crippen molar-refractivity contribution in [1.82, 2.24) is 9.59 Å². The zero-order valence-corrected chi connectivity index (χ0v) is 7.63. The standard InChI is InChI=1S/C6H7N3O3S/c1-2-12-6(11)4-5(7-3-10)13-9-8-4/h3H,2H2,1H3,(H,7,10). The predicted molar refractivity (Wildman–Crippen MR) is 45.6 cm³/mol. The van der Waals surface area contributed by atoms with Crippen molar-refractivity contribution in [1.29, 1.82) is 0 Å². The number of esters is 1. The lowest BCUT2D eigenvalue weighted by atomic mass is 10.5. The van der Waals surface area contributed by atoms with Crippen LogP contribution in [0, 0.1) is 0 Å². The van der Waals surface area contributed by atoms with Gasteiger partial charge in [0.05, 0.1) is 6.61 Å². The summed E-state index contributed by atoms with van der Waals surface area (Å²) in [5, 5.41) is 6.13. The molecule has 0 spiro atoms. The summed E-state index contributed by atoms with van der Waals surface area (Å²) in [6.07, 6.45) is 0.456. The van der Waals surface area contributed by atoms with Crippen LogP contribution in [0.2, 0.25) is 0 Å². The number of carbonyl (C=O) groups is 2. The van der Waals surface area contributed by atoms with Crippen LogP contribution in [0.5, 0.6) is 0 Å². The minimum Gasteiger partial charge on any atom is -0.461 e. The Labute approximate surface area is 78.1 Å². The van der Waals surface area contributed by atoms with E-state index in [9.17, 15) is 9.59 Å². The van der Waals surface area contributed by atoms with Crippen molar-refractivity contribution in [3.8, 4) is 0 Å². The average molecular weight is 201 g/mol. The molecule has 0 radical (unpaired) electrons. The van der Waals surface area contributed by atoms with Crippen LogP contribution >= 0.6 is 11.5 Å². The van der Waals surface area contributed by atoms with Crippen molar-refractivity contribution in [2.75, 3.05) is 11.9 Å². The van der Waals surface area contributed by atoms with E-state index in [1.807, 2.05) is 0 Å². The quantitative estimate of drug-likeness (QED) is 0.559. The molecule has 0 aliphatic rings. The first-order valence-corrected chi connectivity index (χ1v) is 4.26. The second-order valence-corrected chi connectivity index (χ2v) is 2.69. The molecule has 7 heteroatoms. The molecule has 0 bridgehead atoms. The number of nitrogens with zero attached hydrogens (tertiary/aromatic N) is 2. The van der Waals surface area contributed by atoms with Gasteiger partial charge in [-0.25, -0.2) is 4.79 Å². The van der Waals surface area contributed by atoms with Gasteiger partial charge in [-0.05, 0) is 6.92 Å². The van der Waals surface area contributed by atoms with E-state index in [1.165, 1.54) is 0 Å². The maximum atomic E-state index is 11.1. The first kappa shape index (κ1) is 9.59. The smallest absolute Gasteiger partial charge is 0.362 e. The minimum absolute atomic E-state index is 0.0407. The van der Waals surface area contributed by atoms with Crippen molar-refractivity contribution >= 4 is 28.9 Å². The van der Waals surface area contributed by atoms with E-state index in [1.54, 1.807) is 6.92 Å². The lowest BCUT2D eigenvalue weighted by Crippen LogP contribution is -2.08. The molecule has 0 aliphatic carbocycles. The Kier molecular flexibility index (Phi) is 3.32. The number of carbonyl (C=O) groups excluding carboxylic acids is 2. The van der Waals surface area contributed by atoms with E-state index in [-0.39, 0.29) is 12.3 Å². The summed E-state index contributed by atoms with van der Waals surface area (Å²) in [5.41, 5.74) is 0.0407. The maximum absolute atomic E-state index is 11.1. The van der Waals surface area contributed by atoms with Gasteiger partial charge in [-0.15, -0.1) is 5.10 Å². The number of hydrogen-bond donors (Lipinski definition) is 1. The summed E-state index contributed by atoms with van der Waals surface area (Å²) >= 11 is 0.924. The zero-order chi connectivity index (χ0) is 9.68. The van der Waals surface area contributed by atoms with Crippen LogP contribution in [-0.2, 0) is 9.53 Å². The van der Waals surface area contributed by atoms with E-state index >= 15 is 0 Å². The highest BCUT2D eigenvalue weighted by Gasteiger charge is 2.16. The third-order valence-corrected chi connectivity index (χ3v) is 1.80. The Balaban J connectivity index is 2.80. The van der Waals surface area contributed by atoms with Gasteiger partial charge in [-0.1, -0.05) is 4.49 Å². The van der Waals surface area contributed by atoms with Gasteiger partial charge in [-0.3, -0.25) is 4.79 Å². The highest BCUT2D eigenvalue weighted by atomic mass is 32.1. The molecule has 1 rings (SSSR count). The molecule has 0 atom stereocenters. The molecule has 0 fully saturated rings. The van der Waals surface area contributed by atoms with Gasteiger partial charge < -0.3 is 10.1 Å². The molecular formula is C6H7N3O3S. The van der Waals surface area contributed by atoms with Crippen LogP contribution in [0.4, 0.5) is 5.00 Å². The van der Waals surface area contributed by atoms with Crippen LogP contribution in [-0.4, -0.2) is 28.6 Å². The molecule has 1 aromatic rings. The lowest BCUT2D eigenvalue weighted by Gasteiger charge is -1.98. The number of aromatic nitrogens is 2. The van der Waals surface area contributed by atoms with Crippen molar-refractivity contribution in [3.05, 3.63) is 5.69 Å². The Hall–Kier alpha value is -1.50. The van der Waals surface area contributed by atoms with Crippen molar-refractivity contribution in [2.45, 2.75) is 6.92 Å². The third-order valence-electron chi connectivity index (χ3n) is 1.15. The number of ether oxygens (including phenoxy) is 1. The van der Waals surface area contributed by atoms with Gasteiger partial charge in [0.15, 0.2) is 5.00 Å². The summed E-state index contributed by atoms with van der Waals surface area (Å²) in [7, 11) is 0. The summed E-state index contributed by atoms with van der Waals surface area (Å²) in [6.45, 7) is 1.95. The van der Waals surface area contributed by atoms with E-state index in [0.29, 0.717) is 11.4 Å². The Morgan fingerprint density at radius 1 is 1.77 bits per heavy atom. The minimum atomic E-state index is -0.583. The van der Waals surface area contributed by atoms with Crippen LogP contribution in [0.3, 0.4) is 0 Å². The molecule has 0 aliphatic heterocycles. The molecule has 1 amide bonds. The fourth-order valence-electron chi connectivity index (χ4n) is 0.672. The molecule has 1 N–H and O–H groups in total. The predicted octanol–water partition coefficient (Wildman–Crippen LogP) is 0.283. The average Bonchev–Trinajstić information content (AvgIpc) is 2.54. The molecule has 0 unspecified atom stereocenters. The highest BCUT2D eigenvalue weighted by Crippen LogP contribution is 2.17. The number of amides is 1. The molecule has 6 nitrogen and oxygen atoms in total. The first-order valence-electron chi connectivity index (χ1n) is 3.49. The molecular weight excluding hydrogens is 194 g/mol. The number of rotatable bonds is 4. The molecule has 70 valence electrons. The molecule has 0 aromatic carbocycles. The molecule has 13 heavy (non-hydrogen) atoms.